The van der Waals surface area contributed by atoms with E-state index in [0.717, 1.165) is 22.4 Å². The highest BCUT2D eigenvalue weighted by Crippen LogP contribution is 2.19. The van der Waals surface area contributed by atoms with Gasteiger partial charge in [-0.3, -0.25) is 4.79 Å². The number of hydrogen-bond donors (Lipinski definition) is 1. The van der Waals surface area contributed by atoms with Gasteiger partial charge in [0.25, 0.3) is 5.91 Å². The van der Waals surface area contributed by atoms with E-state index in [1.165, 1.54) is 0 Å². The molecule has 0 saturated heterocycles. The summed E-state index contributed by atoms with van der Waals surface area (Å²) < 4.78 is 0. The first-order chi connectivity index (χ1) is 12.7. The van der Waals surface area contributed by atoms with Crippen LogP contribution in [0.3, 0.4) is 0 Å². The summed E-state index contributed by atoms with van der Waals surface area (Å²) in [5, 5.41) is 4.95. The van der Waals surface area contributed by atoms with Gasteiger partial charge in [-0.2, -0.15) is 5.10 Å². The van der Waals surface area contributed by atoms with Crippen LogP contribution in [0.15, 0.2) is 84.0 Å². The molecular formula is C22H19ClN2O. The SMILES string of the molecule is CC/C(=N/NC(=O)c1ccc(-c2ccccc2)cc1)c1ccc(Cl)cc1. The molecule has 0 aliphatic heterocycles. The van der Waals surface area contributed by atoms with Crippen LogP contribution >= 0.6 is 11.6 Å². The average Bonchev–Trinajstić information content (AvgIpc) is 2.70. The summed E-state index contributed by atoms with van der Waals surface area (Å²) in [6, 6.07) is 25.0. The van der Waals surface area contributed by atoms with Crippen LogP contribution in [0.2, 0.25) is 5.02 Å². The normalized spacial score (nSPS) is 11.2. The molecule has 0 radical (unpaired) electrons. The third-order valence-electron chi connectivity index (χ3n) is 4.06. The Kier molecular flexibility index (Phi) is 5.82. The summed E-state index contributed by atoms with van der Waals surface area (Å²) in [6.45, 7) is 1.99. The van der Waals surface area contributed by atoms with Crippen molar-refractivity contribution in [2.75, 3.05) is 0 Å². The number of hydrogen-bond acceptors (Lipinski definition) is 2. The minimum absolute atomic E-state index is 0.232. The van der Waals surface area contributed by atoms with Gasteiger partial charge in [0.2, 0.25) is 0 Å². The number of amides is 1. The maximum absolute atomic E-state index is 12.4. The number of nitrogens with one attached hydrogen (secondary N) is 1. The maximum Gasteiger partial charge on any atom is 0.271 e. The summed E-state index contributed by atoms with van der Waals surface area (Å²) >= 11 is 5.91. The summed E-state index contributed by atoms with van der Waals surface area (Å²) in [5.74, 6) is -0.232. The largest absolute Gasteiger partial charge is 0.271 e. The fourth-order valence-corrected chi connectivity index (χ4v) is 2.74. The quantitative estimate of drug-likeness (QED) is 0.469. The number of carbonyl (C=O) groups excluding carboxylic acids is 1. The number of halogens is 1. The van der Waals surface area contributed by atoms with Crippen molar-refractivity contribution in [3.8, 4) is 11.1 Å². The molecule has 0 aromatic heterocycles. The summed E-state index contributed by atoms with van der Waals surface area (Å²) in [4.78, 5) is 12.4. The molecule has 0 unspecified atom stereocenters. The first kappa shape index (κ1) is 17.9. The molecule has 3 rings (SSSR count). The monoisotopic (exact) mass is 362 g/mol. The molecule has 0 spiro atoms. The molecule has 0 heterocycles. The highest BCUT2D eigenvalue weighted by atomic mass is 35.5. The lowest BCUT2D eigenvalue weighted by atomic mass is 10.0. The molecule has 0 saturated carbocycles. The van der Waals surface area contributed by atoms with Crippen molar-refractivity contribution in [3.63, 3.8) is 0 Å². The third kappa shape index (κ3) is 4.38. The highest BCUT2D eigenvalue weighted by molar-refractivity contribution is 6.30. The van der Waals surface area contributed by atoms with Crippen LogP contribution in [0, 0.1) is 0 Å². The zero-order chi connectivity index (χ0) is 18.4. The van der Waals surface area contributed by atoms with E-state index in [0.29, 0.717) is 17.0 Å². The smallest absolute Gasteiger partial charge is 0.267 e. The van der Waals surface area contributed by atoms with Gasteiger partial charge in [0.15, 0.2) is 0 Å². The van der Waals surface area contributed by atoms with Crippen LogP contribution < -0.4 is 5.43 Å². The van der Waals surface area contributed by atoms with Crippen LogP contribution in [0.1, 0.15) is 29.3 Å². The van der Waals surface area contributed by atoms with Crippen molar-refractivity contribution >= 4 is 23.2 Å². The van der Waals surface area contributed by atoms with Gasteiger partial charge in [0.1, 0.15) is 0 Å². The molecule has 0 fully saturated rings. The Hall–Kier alpha value is -2.91. The number of carbonyl (C=O) groups is 1. The van der Waals surface area contributed by atoms with Crippen LogP contribution in [0.5, 0.6) is 0 Å². The minimum Gasteiger partial charge on any atom is -0.267 e. The van der Waals surface area contributed by atoms with E-state index in [1.807, 2.05) is 73.7 Å². The molecule has 0 bridgehead atoms. The zero-order valence-electron chi connectivity index (χ0n) is 14.4. The second-order valence-corrected chi connectivity index (χ2v) is 6.24. The molecule has 1 amide bonds. The molecular weight excluding hydrogens is 344 g/mol. The summed E-state index contributed by atoms with van der Waals surface area (Å²) in [6.07, 6.45) is 0.703. The fourth-order valence-electron chi connectivity index (χ4n) is 2.62. The maximum atomic E-state index is 12.4. The summed E-state index contributed by atoms with van der Waals surface area (Å²) in [5.41, 5.74) is 7.14. The molecule has 4 heteroatoms. The number of benzene rings is 3. The second kappa shape index (κ2) is 8.45. The van der Waals surface area contributed by atoms with Gasteiger partial charge in [0, 0.05) is 10.6 Å². The van der Waals surface area contributed by atoms with E-state index >= 15 is 0 Å². The Labute approximate surface area is 158 Å². The predicted octanol–water partition coefficient (Wildman–Crippen LogP) is 5.55. The van der Waals surface area contributed by atoms with Gasteiger partial charge in [0.05, 0.1) is 5.71 Å². The Morgan fingerprint density at radius 2 is 1.42 bits per heavy atom. The van der Waals surface area contributed by atoms with Crippen molar-refractivity contribution in [1.82, 2.24) is 5.43 Å². The van der Waals surface area contributed by atoms with Gasteiger partial charge in [-0.1, -0.05) is 73.1 Å². The standard InChI is InChI=1S/C22H19ClN2O/c1-2-21(18-12-14-20(23)15-13-18)24-25-22(26)19-10-8-17(9-11-19)16-6-4-3-5-7-16/h3-15H,2H2,1H3,(H,25,26)/b24-21-. The van der Waals surface area contributed by atoms with Crippen molar-refractivity contribution < 1.29 is 4.79 Å². The lowest BCUT2D eigenvalue weighted by Crippen LogP contribution is -2.19. The molecule has 26 heavy (non-hydrogen) atoms. The zero-order valence-corrected chi connectivity index (χ0v) is 15.2. The van der Waals surface area contributed by atoms with E-state index in [1.54, 1.807) is 12.1 Å². The fraction of sp³-hybridized carbons (Fsp3) is 0.0909. The van der Waals surface area contributed by atoms with Gasteiger partial charge < -0.3 is 0 Å². The number of hydrazone groups is 1. The molecule has 0 aliphatic rings. The van der Waals surface area contributed by atoms with Crippen LogP contribution in [-0.4, -0.2) is 11.6 Å². The van der Waals surface area contributed by atoms with Crippen molar-refractivity contribution in [1.29, 1.82) is 0 Å². The molecule has 0 atom stereocenters. The van der Waals surface area contributed by atoms with E-state index in [4.69, 9.17) is 11.6 Å². The lowest BCUT2D eigenvalue weighted by Gasteiger charge is -2.06. The van der Waals surface area contributed by atoms with Gasteiger partial charge >= 0.3 is 0 Å². The van der Waals surface area contributed by atoms with E-state index < -0.39 is 0 Å². The predicted molar refractivity (Wildman–Crippen MR) is 108 cm³/mol. The van der Waals surface area contributed by atoms with Crippen LogP contribution in [0.25, 0.3) is 11.1 Å². The summed E-state index contributed by atoms with van der Waals surface area (Å²) in [7, 11) is 0. The lowest BCUT2D eigenvalue weighted by molar-refractivity contribution is 0.0955. The Morgan fingerprint density at radius 3 is 2.04 bits per heavy atom. The highest BCUT2D eigenvalue weighted by Gasteiger charge is 2.07. The average molecular weight is 363 g/mol. The van der Waals surface area contributed by atoms with Crippen LogP contribution in [-0.2, 0) is 0 Å². The van der Waals surface area contributed by atoms with Crippen molar-refractivity contribution in [2.24, 2.45) is 5.10 Å². The van der Waals surface area contributed by atoms with E-state index in [-0.39, 0.29) is 5.91 Å². The Morgan fingerprint density at radius 1 is 0.846 bits per heavy atom. The third-order valence-corrected chi connectivity index (χ3v) is 4.31. The number of rotatable bonds is 5. The van der Waals surface area contributed by atoms with Crippen molar-refractivity contribution in [3.05, 3.63) is 95.0 Å². The second-order valence-electron chi connectivity index (χ2n) is 5.80. The van der Waals surface area contributed by atoms with Crippen LogP contribution in [0.4, 0.5) is 0 Å². The van der Waals surface area contributed by atoms with E-state index in [2.05, 4.69) is 10.5 Å². The molecule has 3 aromatic rings. The first-order valence-corrected chi connectivity index (χ1v) is 8.83. The van der Waals surface area contributed by atoms with Gasteiger partial charge in [-0.15, -0.1) is 0 Å². The molecule has 0 aliphatic carbocycles. The number of nitrogens with zero attached hydrogens (tertiary/aromatic N) is 1. The van der Waals surface area contributed by atoms with E-state index in [9.17, 15) is 4.79 Å². The molecule has 1 N–H and O–H groups in total. The molecule has 3 aromatic carbocycles. The first-order valence-electron chi connectivity index (χ1n) is 8.45. The van der Waals surface area contributed by atoms with Gasteiger partial charge in [-0.25, -0.2) is 5.43 Å². The Balaban J connectivity index is 1.72. The molecule has 3 nitrogen and oxygen atoms in total. The van der Waals surface area contributed by atoms with Crippen molar-refractivity contribution in [2.45, 2.75) is 13.3 Å². The molecule has 130 valence electrons. The van der Waals surface area contributed by atoms with Gasteiger partial charge in [-0.05, 0) is 47.4 Å². The topological polar surface area (TPSA) is 41.5 Å². The Bertz CT molecular complexity index is 901. The minimum atomic E-state index is -0.232.